The molecule has 13 heteroatoms. The van der Waals surface area contributed by atoms with Crippen molar-refractivity contribution in [2.24, 2.45) is 5.92 Å². The van der Waals surface area contributed by atoms with E-state index in [9.17, 15) is 19.8 Å². The standard InChI is InChI=1S/C36H43N7O6/c1-3-37-35(46)32(29(45)22-44)49-24-43-23-39-31-33(38-21-28(26-12-6-4-7-13-26)27-14-8-5-9-15-27)40-30(41-34(31)43)16-10-11-25-17-19-42(20-18-25)36(47)48-2/h4-9,12-15,23,25,28-29,32,44-45H,3,11,17-22,24H2,1-2H3,(H,37,46)(H,38,40,41)/t29?,32-/m0/s1. The van der Waals surface area contributed by atoms with E-state index in [1.54, 1.807) is 16.4 Å². The van der Waals surface area contributed by atoms with E-state index in [0.717, 1.165) is 24.0 Å². The molecule has 2 atom stereocenters. The Hall–Kier alpha value is -5.03. The van der Waals surface area contributed by atoms with Gasteiger partial charge in [0.2, 0.25) is 5.82 Å². The molecule has 2 aromatic carbocycles. The maximum atomic E-state index is 12.6. The molecular formula is C36H43N7O6. The Morgan fingerprint density at radius 3 is 2.33 bits per heavy atom. The molecule has 1 fully saturated rings. The van der Waals surface area contributed by atoms with E-state index in [1.807, 2.05) is 36.4 Å². The Kier molecular flexibility index (Phi) is 12.5. The Bertz CT molecular complexity index is 1690. The molecule has 0 bridgehead atoms. The predicted molar refractivity (Wildman–Crippen MR) is 183 cm³/mol. The third kappa shape index (κ3) is 9.11. The largest absolute Gasteiger partial charge is 0.453 e. The lowest BCUT2D eigenvalue weighted by molar-refractivity contribution is -0.147. The predicted octanol–water partition coefficient (Wildman–Crippen LogP) is 3.12. The molecular weight excluding hydrogens is 626 g/mol. The number of carbonyl (C=O) groups excluding carboxylic acids is 2. The molecule has 4 N–H and O–H groups in total. The van der Waals surface area contributed by atoms with Crippen LogP contribution in [0.25, 0.3) is 11.2 Å². The second kappa shape index (κ2) is 17.4. The summed E-state index contributed by atoms with van der Waals surface area (Å²) in [5.41, 5.74) is 3.20. The van der Waals surface area contributed by atoms with Crippen molar-refractivity contribution in [2.75, 3.05) is 45.2 Å². The van der Waals surface area contributed by atoms with Gasteiger partial charge in [0.05, 0.1) is 20.0 Å². The van der Waals surface area contributed by atoms with Crippen molar-refractivity contribution in [3.63, 3.8) is 0 Å². The number of hydrogen-bond acceptors (Lipinski definition) is 10. The van der Waals surface area contributed by atoms with Gasteiger partial charge in [-0.1, -0.05) is 66.6 Å². The van der Waals surface area contributed by atoms with Crippen molar-refractivity contribution in [3.05, 3.63) is 83.9 Å². The number of imidazole rings is 1. The van der Waals surface area contributed by atoms with Gasteiger partial charge in [0.1, 0.15) is 12.8 Å². The molecule has 49 heavy (non-hydrogen) atoms. The summed E-state index contributed by atoms with van der Waals surface area (Å²) in [4.78, 5) is 40.2. The van der Waals surface area contributed by atoms with Gasteiger partial charge < -0.3 is 35.2 Å². The van der Waals surface area contributed by atoms with E-state index >= 15 is 0 Å². The first kappa shape index (κ1) is 35.3. The van der Waals surface area contributed by atoms with Crippen LogP contribution in [-0.4, -0.2) is 98.7 Å². The highest BCUT2D eigenvalue weighted by molar-refractivity contribution is 5.83. The molecule has 4 aromatic rings. The summed E-state index contributed by atoms with van der Waals surface area (Å²) in [6.45, 7) is 3.04. The first-order valence-corrected chi connectivity index (χ1v) is 16.5. The number of benzene rings is 2. The molecule has 0 aliphatic carbocycles. The maximum Gasteiger partial charge on any atom is 0.409 e. The van der Waals surface area contributed by atoms with E-state index in [1.165, 1.54) is 13.4 Å². The van der Waals surface area contributed by atoms with Crippen LogP contribution in [0, 0.1) is 17.8 Å². The van der Waals surface area contributed by atoms with Gasteiger partial charge in [-0.05, 0) is 42.7 Å². The van der Waals surface area contributed by atoms with Gasteiger partial charge in [-0.25, -0.2) is 19.7 Å². The van der Waals surface area contributed by atoms with Crippen molar-refractivity contribution in [2.45, 2.75) is 51.0 Å². The lowest BCUT2D eigenvalue weighted by Gasteiger charge is -2.29. The van der Waals surface area contributed by atoms with Crippen LogP contribution < -0.4 is 10.6 Å². The van der Waals surface area contributed by atoms with Crippen LogP contribution in [0.1, 0.15) is 49.1 Å². The number of rotatable bonds is 13. The fraction of sp³-hybridized carbons (Fsp3) is 0.417. The normalized spacial score (nSPS) is 14.6. The highest BCUT2D eigenvalue weighted by Gasteiger charge is 2.28. The van der Waals surface area contributed by atoms with Crippen molar-refractivity contribution in [1.82, 2.24) is 29.7 Å². The average Bonchev–Trinajstić information content (AvgIpc) is 3.55. The number of ether oxygens (including phenoxy) is 2. The van der Waals surface area contributed by atoms with Crippen LogP contribution in [0.4, 0.5) is 10.6 Å². The SMILES string of the molecule is CCNC(=O)[C@@H](OCn1cnc2c(NCC(c3ccccc3)c3ccccc3)nc(C#CCC3CCN(C(=O)OC)CC3)nc21)C(O)CO. The number of likely N-dealkylation sites (tertiary alicyclic amines) is 1. The number of anilines is 1. The number of aromatic nitrogens is 4. The summed E-state index contributed by atoms with van der Waals surface area (Å²) in [5, 5.41) is 25.9. The van der Waals surface area contributed by atoms with Crippen molar-refractivity contribution >= 4 is 29.0 Å². The lowest BCUT2D eigenvalue weighted by Crippen LogP contribution is -2.45. The Morgan fingerprint density at radius 1 is 1.04 bits per heavy atom. The number of fused-ring (bicyclic) bond motifs is 1. The smallest absolute Gasteiger partial charge is 0.409 e. The molecule has 0 saturated carbocycles. The van der Waals surface area contributed by atoms with Crippen LogP contribution in [0.3, 0.4) is 0 Å². The van der Waals surface area contributed by atoms with E-state index in [4.69, 9.17) is 19.4 Å². The van der Waals surface area contributed by atoms with E-state index < -0.39 is 24.7 Å². The number of hydrogen-bond donors (Lipinski definition) is 4. The highest BCUT2D eigenvalue weighted by Crippen LogP contribution is 2.27. The van der Waals surface area contributed by atoms with Crippen molar-refractivity contribution < 1.29 is 29.3 Å². The second-order valence-electron chi connectivity index (χ2n) is 11.8. The molecule has 2 amide bonds. The molecule has 2 aromatic heterocycles. The molecule has 5 rings (SSSR count). The molecule has 0 radical (unpaired) electrons. The van der Waals surface area contributed by atoms with E-state index in [-0.39, 0.29) is 24.6 Å². The van der Waals surface area contributed by atoms with Gasteiger partial charge in [0.15, 0.2) is 23.1 Å². The minimum absolute atomic E-state index is 0.0148. The number of likely N-dealkylation sites (N-methyl/N-ethyl adjacent to an activating group) is 1. The molecule has 1 aliphatic rings. The van der Waals surface area contributed by atoms with E-state index in [0.29, 0.717) is 55.5 Å². The maximum absolute atomic E-state index is 12.6. The number of aliphatic hydroxyl groups is 2. The number of nitrogens with one attached hydrogen (secondary N) is 2. The van der Waals surface area contributed by atoms with Crippen LogP contribution in [0.5, 0.6) is 0 Å². The fourth-order valence-corrected chi connectivity index (χ4v) is 5.83. The minimum atomic E-state index is -1.41. The molecule has 13 nitrogen and oxygen atoms in total. The fourth-order valence-electron chi connectivity index (χ4n) is 5.83. The summed E-state index contributed by atoms with van der Waals surface area (Å²) >= 11 is 0. The Balaban J connectivity index is 1.42. The second-order valence-corrected chi connectivity index (χ2v) is 11.8. The zero-order valence-electron chi connectivity index (χ0n) is 27.8. The molecule has 258 valence electrons. The van der Waals surface area contributed by atoms with Crippen molar-refractivity contribution in [1.29, 1.82) is 0 Å². The zero-order valence-corrected chi connectivity index (χ0v) is 27.8. The van der Waals surface area contributed by atoms with E-state index in [2.05, 4.69) is 51.7 Å². The van der Waals surface area contributed by atoms with Gasteiger partial charge in [-0.3, -0.25) is 9.36 Å². The van der Waals surface area contributed by atoms with Gasteiger partial charge in [-0.15, -0.1) is 0 Å². The zero-order chi connectivity index (χ0) is 34.6. The number of nitrogens with zero attached hydrogens (tertiary/aromatic N) is 5. The molecule has 1 unspecified atom stereocenters. The van der Waals surface area contributed by atoms with Crippen molar-refractivity contribution in [3.8, 4) is 11.8 Å². The third-order valence-corrected chi connectivity index (χ3v) is 8.52. The van der Waals surface area contributed by atoms with Gasteiger partial charge in [-0.2, -0.15) is 0 Å². The number of methoxy groups -OCH3 is 1. The quantitative estimate of drug-likeness (QED) is 0.156. The minimum Gasteiger partial charge on any atom is -0.453 e. The summed E-state index contributed by atoms with van der Waals surface area (Å²) in [5.74, 6) is 6.95. The number of piperidine rings is 1. The van der Waals surface area contributed by atoms with Gasteiger partial charge in [0.25, 0.3) is 5.91 Å². The first-order chi connectivity index (χ1) is 23.9. The molecule has 0 spiro atoms. The molecule has 1 saturated heterocycles. The Labute approximate surface area is 285 Å². The number of aliphatic hydroxyl groups excluding tert-OH is 2. The summed E-state index contributed by atoms with van der Waals surface area (Å²) in [7, 11) is 1.39. The van der Waals surface area contributed by atoms with Gasteiger partial charge in [0, 0.05) is 38.5 Å². The van der Waals surface area contributed by atoms with Crippen LogP contribution in [0.2, 0.25) is 0 Å². The summed E-state index contributed by atoms with van der Waals surface area (Å²) in [6.07, 6.45) is 0.783. The molecule has 1 aliphatic heterocycles. The Morgan fingerprint density at radius 2 is 1.71 bits per heavy atom. The highest BCUT2D eigenvalue weighted by atomic mass is 16.5. The van der Waals surface area contributed by atoms with Crippen LogP contribution in [0.15, 0.2) is 67.0 Å². The third-order valence-electron chi connectivity index (χ3n) is 8.52. The van der Waals surface area contributed by atoms with Crippen LogP contribution >= 0.6 is 0 Å². The number of amides is 2. The number of carbonyl (C=O) groups is 2. The first-order valence-electron chi connectivity index (χ1n) is 16.5. The topological polar surface area (TPSA) is 164 Å². The lowest BCUT2D eigenvalue weighted by atomic mass is 9.91. The summed E-state index contributed by atoms with van der Waals surface area (Å²) < 4.78 is 12.3. The molecule has 3 heterocycles. The monoisotopic (exact) mass is 669 g/mol. The summed E-state index contributed by atoms with van der Waals surface area (Å²) in [6, 6.07) is 20.4. The van der Waals surface area contributed by atoms with Gasteiger partial charge >= 0.3 is 6.09 Å². The average molecular weight is 670 g/mol. The van der Waals surface area contributed by atoms with Crippen LogP contribution in [-0.2, 0) is 21.0 Å².